The highest BCUT2D eigenvalue weighted by atomic mass is 19.4. The van der Waals surface area contributed by atoms with Crippen LogP contribution < -0.4 is 26.3 Å². The third kappa shape index (κ3) is 5.43. The molecular weight excluding hydrogens is 595 g/mol. The molecule has 13 heteroatoms. The smallest absolute Gasteiger partial charge is 0.395 e. The van der Waals surface area contributed by atoms with Gasteiger partial charge in [0.15, 0.2) is 0 Å². The Hall–Kier alpha value is -5.27. The summed E-state index contributed by atoms with van der Waals surface area (Å²) in [4.78, 5) is 8.69. The lowest BCUT2D eigenvalue weighted by atomic mass is 9.92. The summed E-state index contributed by atoms with van der Waals surface area (Å²) in [7, 11) is 1.56. The van der Waals surface area contributed by atoms with Crippen LogP contribution in [0.1, 0.15) is 56.3 Å². The highest BCUT2D eigenvalue weighted by Crippen LogP contribution is 2.43. The predicted octanol–water partition coefficient (Wildman–Crippen LogP) is 6.41. The lowest BCUT2D eigenvalue weighted by Crippen LogP contribution is -2.43. The number of pyridine rings is 2. The van der Waals surface area contributed by atoms with Gasteiger partial charge >= 0.3 is 6.18 Å². The van der Waals surface area contributed by atoms with E-state index in [0.29, 0.717) is 17.0 Å². The van der Waals surface area contributed by atoms with E-state index in [0.717, 1.165) is 48.7 Å². The zero-order chi connectivity index (χ0) is 32.9. The van der Waals surface area contributed by atoms with Gasteiger partial charge in [-0.15, -0.1) is 5.53 Å². The molecule has 2 aromatic carbocycles. The number of hydrogen-bond acceptors (Lipinski definition) is 10. The minimum Gasteiger partial charge on any atom is -0.481 e. The Bertz CT molecular complexity index is 1950. The Morgan fingerprint density at radius 3 is 2.50 bits per heavy atom. The molecule has 1 aliphatic heterocycles. The number of halogens is 3. The highest BCUT2D eigenvalue weighted by molar-refractivity contribution is 5.99. The molecule has 236 valence electrons. The van der Waals surface area contributed by atoms with Crippen LogP contribution in [0, 0.1) is 28.1 Å². The van der Waals surface area contributed by atoms with Gasteiger partial charge in [-0.05, 0) is 68.8 Å². The first-order chi connectivity index (χ1) is 21.9. The van der Waals surface area contributed by atoms with Crippen molar-refractivity contribution in [2.75, 3.05) is 24.3 Å². The fraction of sp³-hybridized carbons (Fsp3) is 0.333. The van der Waals surface area contributed by atoms with Crippen LogP contribution in [0.25, 0.3) is 21.7 Å². The average Bonchev–Trinajstić information content (AvgIpc) is 3.59. The number of rotatable bonds is 9. The van der Waals surface area contributed by atoms with Crippen LogP contribution >= 0.6 is 0 Å². The molecule has 4 aromatic rings. The Balaban J connectivity index is 1.49. The van der Waals surface area contributed by atoms with E-state index in [9.17, 15) is 23.7 Å². The molecule has 0 spiro atoms. The molecule has 2 aliphatic rings. The third-order valence-corrected chi connectivity index (χ3v) is 8.76. The summed E-state index contributed by atoms with van der Waals surface area (Å²) < 4.78 is 46.7. The summed E-state index contributed by atoms with van der Waals surface area (Å²) in [6, 6.07) is 14.8. The van der Waals surface area contributed by atoms with Gasteiger partial charge in [0.25, 0.3) is 0 Å². The van der Waals surface area contributed by atoms with E-state index in [1.54, 1.807) is 25.4 Å². The molecule has 0 amide bonds. The van der Waals surface area contributed by atoms with E-state index >= 15 is 0 Å². The molecule has 3 heterocycles. The fourth-order valence-electron chi connectivity index (χ4n) is 5.45. The molecule has 6 rings (SSSR count). The van der Waals surface area contributed by atoms with E-state index in [1.807, 2.05) is 41.5 Å². The van der Waals surface area contributed by atoms with Gasteiger partial charge in [0.1, 0.15) is 12.1 Å². The Kier molecular flexibility index (Phi) is 7.53. The SMILES string of the molecule is COc1nccc2c([C@H](Nc3cc(C#N)c4ncc(C#N)c(NCC(C)(C)C(F)(F)F)c4c3)C3=CN(C4(C)CC4)NN3)cccc12. The minimum absolute atomic E-state index is 0.0216. The van der Waals surface area contributed by atoms with E-state index in [4.69, 9.17) is 4.74 Å². The van der Waals surface area contributed by atoms with Crippen molar-refractivity contribution in [3.8, 4) is 18.0 Å². The first kappa shape index (κ1) is 30.7. The zero-order valence-corrected chi connectivity index (χ0v) is 25.7. The molecule has 0 unspecified atom stereocenters. The number of nitriles is 2. The molecule has 46 heavy (non-hydrogen) atoms. The normalized spacial score (nSPS) is 16.3. The van der Waals surface area contributed by atoms with Crippen LogP contribution in [0.5, 0.6) is 5.88 Å². The first-order valence-electron chi connectivity index (χ1n) is 14.7. The Morgan fingerprint density at radius 1 is 1.07 bits per heavy atom. The van der Waals surface area contributed by atoms with Crippen LogP contribution in [-0.4, -0.2) is 40.3 Å². The molecule has 0 bridgehead atoms. The van der Waals surface area contributed by atoms with Gasteiger partial charge in [-0.3, -0.25) is 9.99 Å². The highest BCUT2D eigenvalue weighted by Gasteiger charge is 2.47. The Morgan fingerprint density at radius 2 is 1.83 bits per heavy atom. The van der Waals surface area contributed by atoms with Gasteiger partial charge in [-0.2, -0.15) is 23.7 Å². The van der Waals surface area contributed by atoms with Gasteiger partial charge in [-0.25, -0.2) is 4.98 Å². The van der Waals surface area contributed by atoms with Crippen molar-refractivity contribution in [1.82, 2.24) is 25.9 Å². The summed E-state index contributed by atoms with van der Waals surface area (Å²) in [5, 5.41) is 30.5. The predicted molar refractivity (Wildman–Crippen MR) is 168 cm³/mol. The molecule has 4 N–H and O–H groups in total. The molecule has 1 fully saturated rings. The van der Waals surface area contributed by atoms with Crippen molar-refractivity contribution < 1.29 is 17.9 Å². The van der Waals surface area contributed by atoms with Crippen LogP contribution in [0.3, 0.4) is 0 Å². The van der Waals surface area contributed by atoms with E-state index in [2.05, 4.69) is 44.6 Å². The number of nitrogens with one attached hydrogen (secondary N) is 4. The van der Waals surface area contributed by atoms with Gasteiger partial charge in [0, 0.05) is 41.6 Å². The maximum Gasteiger partial charge on any atom is 0.395 e. The van der Waals surface area contributed by atoms with Gasteiger partial charge in [0.05, 0.1) is 52.1 Å². The number of alkyl halides is 3. The van der Waals surface area contributed by atoms with Crippen molar-refractivity contribution in [2.45, 2.75) is 51.4 Å². The van der Waals surface area contributed by atoms with Crippen LogP contribution in [-0.2, 0) is 0 Å². The largest absolute Gasteiger partial charge is 0.481 e. The van der Waals surface area contributed by atoms with E-state index < -0.39 is 24.2 Å². The summed E-state index contributed by atoms with van der Waals surface area (Å²) in [6.45, 7) is 3.85. The summed E-state index contributed by atoms with van der Waals surface area (Å²) in [6.07, 6.45) is 2.54. The van der Waals surface area contributed by atoms with E-state index in [1.165, 1.54) is 6.20 Å². The number of ether oxygens (including phenoxy) is 1. The van der Waals surface area contributed by atoms with Crippen molar-refractivity contribution in [3.05, 3.63) is 77.4 Å². The van der Waals surface area contributed by atoms with Crippen LogP contribution in [0.2, 0.25) is 0 Å². The monoisotopic (exact) mass is 627 g/mol. The maximum atomic E-state index is 13.7. The number of anilines is 2. The zero-order valence-electron chi connectivity index (χ0n) is 25.7. The topological polar surface area (TPSA) is 134 Å². The molecule has 1 saturated carbocycles. The van der Waals surface area contributed by atoms with Gasteiger partial charge in [0.2, 0.25) is 5.88 Å². The number of aromatic nitrogens is 2. The van der Waals surface area contributed by atoms with Gasteiger partial charge < -0.3 is 20.8 Å². The maximum absolute atomic E-state index is 13.7. The number of hydrazine groups is 2. The molecule has 2 aromatic heterocycles. The average molecular weight is 628 g/mol. The van der Waals surface area contributed by atoms with Crippen molar-refractivity contribution in [1.29, 1.82) is 10.5 Å². The molecule has 10 nitrogen and oxygen atoms in total. The molecule has 1 atom stereocenters. The fourth-order valence-corrected chi connectivity index (χ4v) is 5.45. The number of hydrogen-bond donors (Lipinski definition) is 4. The van der Waals surface area contributed by atoms with Crippen molar-refractivity contribution >= 4 is 33.1 Å². The minimum atomic E-state index is -4.48. The van der Waals surface area contributed by atoms with Crippen LogP contribution in [0.15, 0.2) is 60.7 Å². The second-order valence-corrected chi connectivity index (χ2v) is 12.5. The molecular formula is C33H32F3N9O. The molecule has 1 aliphatic carbocycles. The summed E-state index contributed by atoms with van der Waals surface area (Å²) in [5.74, 6) is 0.474. The Labute approximate surface area is 263 Å². The standard InChI is InChI=1S/C33H32F3N9O/c1-31(2,33(34,35)36)18-41-28-20(15-38)16-40-27-19(14-37)12-21(13-25(27)28)42-29(26-17-45(44-43-26)32(3)9-10-32)23-6-5-7-24-22(23)8-11-39-30(24)46-4/h5-8,11-13,16-17,29,42-44H,9-10,18H2,1-4H3,(H,40,41)/t29-/m0/s1. The summed E-state index contributed by atoms with van der Waals surface area (Å²) >= 11 is 0. The van der Waals surface area contributed by atoms with E-state index in [-0.39, 0.29) is 27.9 Å². The number of benzene rings is 2. The third-order valence-electron chi connectivity index (χ3n) is 8.76. The van der Waals surface area contributed by atoms with Gasteiger partial charge in [-0.1, -0.05) is 12.1 Å². The number of fused-ring (bicyclic) bond motifs is 2. The molecule has 0 radical (unpaired) electrons. The molecule has 0 saturated heterocycles. The number of methoxy groups -OCH3 is 1. The first-order valence-corrected chi connectivity index (χ1v) is 14.7. The van der Waals surface area contributed by atoms with Crippen molar-refractivity contribution in [3.63, 3.8) is 0 Å². The van der Waals surface area contributed by atoms with Crippen molar-refractivity contribution in [2.24, 2.45) is 5.41 Å². The second-order valence-electron chi connectivity index (χ2n) is 12.5. The lowest BCUT2D eigenvalue weighted by Gasteiger charge is -2.29. The number of nitrogens with zero attached hydrogens (tertiary/aromatic N) is 5. The summed E-state index contributed by atoms with van der Waals surface area (Å²) in [5.41, 5.74) is 7.33. The van der Waals surface area contributed by atoms with Crippen LogP contribution in [0.4, 0.5) is 24.5 Å². The lowest BCUT2D eigenvalue weighted by molar-refractivity contribution is -0.206. The quantitative estimate of drug-likeness (QED) is 0.165. The second kappa shape index (κ2) is 11.3.